The quantitative estimate of drug-likeness (QED) is 0.733. The number of sulfone groups is 1. The zero-order valence-electron chi connectivity index (χ0n) is 9.63. The van der Waals surface area contributed by atoms with Gasteiger partial charge in [0.25, 0.3) is 0 Å². The summed E-state index contributed by atoms with van der Waals surface area (Å²) in [5, 5.41) is 3.13. The molecule has 0 bridgehead atoms. The lowest BCUT2D eigenvalue weighted by Gasteiger charge is -2.34. The van der Waals surface area contributed by atoms with Crippen LogP contribution in [0, 0.1) is 12.8 Å². The number of rotatable bonds is 6. The van der Waals surface area contributed by atoms with E-state index in [2.05, 4.69) is 26.1 Å². The Hall–Kier alpha value is -0.0900. The van der Waals surface area contributed by atoms with Crippen molar-refractivity contribution in [3.8, 4) is 0 Å². The predicted octanol–water partition coefficient (Wildman–Crippen LogP) is 1.26. The summed E-state index contributed by atoms with van der Waals surface area (Å²) in [6.45, 7) is 8.26. The molecule has 0 fully saturated rings. The molecule has 0 spiro atoms. The molecule has 0 saturated heterocycles. The van der Waals surface area contributed by atoms with Crippen LogP contribution >= 0.6 is 0 Å². The zero-order valence-corrected chi connectivity index (χ0v) is 10.4. The van der Waals surface area contributed by atoms with Gasteiger partial charge in [0.1, 0.15) is 9.84 Å². The van der Waals surface area contributed by atoms with Crippen molar-refractivity contribution < 1.29 is 8.42 Å². The van der Waals surface area contributed by atoms with Crippen LogP contribution < -0.4 is 5.32 Å². The van der Waals surface area contributed by atoms with Gasteiger partial charge in [-0.05, 0) is 26.3 Å². The summed E-state index contributed by atoms with van der Waals surface area (Å²) >= 11 is 0. The summed E-state index contributed by atoms with van der Waals surface area (Å²) < 4.78 is 22.1. The fraction of sp³-hybridized carbons (Fsp3) is 0.900. The van der Waals surface area contributed by atoms with E-state index in [1.54, 1.807) is 0 Å². The molecule has 0 rings (SSSR count). The summed E-state index contributed by atoms with van der Waals surface area (Å²) in [4.78, 5) is 0. The molecule has 1 N–H and O–H groups in total. The van der Waals surface area contributed by atoms with E-state index in [0.29, 0.717) is 12.3 Å². The molecule has 0 aliphatic carbocycles. The molecular weight excluding hydrogens is 198 g/mol. The van der Waals surface area contributed by atoms with Gasteiger partial charge in [0, 0.05) is 11.8 Å². The minimum atomic E-state index is -2.89. The molecule has 85 valence electrons. The Morgan fingerprint density at radius 1 is 1.50 bits per heavy atom. The second kappa shape index (κ2) is 5.12. The highest BCUT2D eigenvalue weighted by atomic mass is 32.2. The van der Waals surface area contributed by atoms with E-state index in [9.17, 15) is 8.42 Å². The number of hydrogen-bond acceptors (Lipinski definition) is 3. The Bertz CT molecular complexity index is 261. The molecule has 0 heterocycles. The van der Waals surface area contributed by atoms with Crippen molar-refractivity contribution in [1.82, 2.24) is 5.32 Å². The standard InChI is InChI=1S/C10H22NO2S/c1-6-9(2)10(3,11-4)7-8-14(5,12)13/h9,11H,3,6-8H2,1-2,4-5H3. The van der Waals surface area contributed by atoms with Gasteiger partial charge in [-0.15, -0.1) is 0 Å². The highest BCUT2D eigenvalue weighted by Crippen LogP contribution is 2.23. The Labute approximate surface area is 88.2 Å². The van der Waals surface area contributed by atoms with Crippen LogP contribution in [0.2, 0.25) is 0 Å². The largest absolute Gasteiger partial charge is 0.314 e. The van der Waals surface area contributed by atoms with E-state index in [-0.39, 0.29) is 11.3 Å². The van der Waals surface area contributed by atoms with Crippen LogP contribution in [0.3, 0.4) is 0 Å². The summed E-state index contributed by atoms with van der Waals surface area (Å²) in [7, 11) is -1.05. The third kappa shape index (κ3) is 4.42. The minimum absolute atomic E-state index is 0.196. The molecule has 0 amide bonds. The van der Waals surface area contributed by atoms with E-state index in [4.69, 9.17) is 0 Å². The zero-order chi connectivity index (χ0) is 11.4. The van der Waals surface area contributed by atoms with Crippen molar-refractivity contribution in [2.75, 3.05) is 19.1 Å². The van der Waals surface area contributed by atoms with Crippen LogP contribution in [0.25, 0.3) is 0 Å². The minimum Gasteiger partial charge on any atom is -0.314 e. The van der Waals surface area contributed by atoms with Crippen molar-refractivity contribution in [2.24, 2.45) is 5.92 Å². The molecule has 1 radical (unpaired) electrons. The van der Waals surface area contributed by atoms with E-state index in [1.807, 2.05) is 7.05 Å². The number of hydrogen-bond donors (Lipinski definition) is 1. The van der Waals surface area contributed by atoms with Crippen LogP contribution in [0.4, 0.5) is 0 Å². The molecule has 0 aromatic carbocycles. The van der Waals surface area contributed by atoms with Crippen LogP contribution in [0.15, 0.2) is 0 Å². The molecule has 3 nitrogen and oxygen atoms in total. The fourth-order valence-corrected chi connectivity index (χ4v) is 2.11. The van der Waals surface area contributed by atoms with Gasteiger partial charge in [0.05, 0.1) is 5.75 Å². The van der Waals surface area contributed by atoms with E-state index in [1.165, 1.54) is 6.26 Å². The van der Waals surface area contributed by atoms with Crippen molar-refractivity contribution >= 4 is 9.84 Å². The first-order chi connectivity index (χ1) is 6.25. The van der Waals surface area contributed by atoms with Crippen LogP contribution in [0.5, 0.6) is 0 Å². The van der Waals surface area contributed by atoms with Gasteiger partial charge < -0.3 is 5.32 Å². The topological polar surface area (TPSA) is 46.2 Å². The van der Waals surface area contributed by atoms with Gasteiger partial charge in [-0.25, -0.2) is 8.42 Å². The first kappa shape index (κ1) is 13.9. The van der Waals surface area contributed by atoms with Gasteiger partial charge in [-0.1, -0.05) is 20.3 Å². The predicted molar refractivity (Wildman–Crippen MR) is 60.9 cm³/mol. The Morgan fingerprint density at radius 2 is 2.00 bits per heavy atom. The lowest BCUT2D eigenvalue weighted by atomic mass is 9.83. The van der Waals surface area contributed by atoms with Gasteiger partial charge in [0.15, 0.2) is 0 Å². The maximum absolute atomic E-state index is 11.0. The maximum atomic E-state index is 11.0. The fourth-order valence-electron chi connectivity index (χ4n) is 1.38. The average molecular weight is 220 g/mol. The molecule has 14 heavy (non-hydrogen) atoms. The molecule has 2 unspecified atom stereocenters. The lowest BCUT2D eigenvalue weighted by Crippen LogP contribution is -2.47. The molecule has 0 aromatic heterocycles. The third-order valence-electron chi connectivity index (χ3n) is 2.97. The van der Waals surface area contributed by atoms with Crippen molar-refractivity contribution in [3.63, 3.8) is 0 Å². The molecule has 4 heteroatoms. The molecule has 0 aliphatic rings. The van der Waals surface area contributed by atoms with E-state index >= 15 is 0 Å². The molecular formula is C10H22NO2S. The van der Waals surface area contributed by atoms with E-state index in [0.717, 1.165) is 6.42 Å². The highest BCUT2D eigenvalue weighted by Gasteiger charge is 2.29. The van der Waals surface area contributed by atoms with Crippen molar-refractivity contribution in [3.05, 3.63) is 6.92 Å². The van der Waals surface area contributed by atoms with Gasteiger partial charge in [0.2, 0.25) is 0 Å². The smallest absolute Gasteiger partial charge is 0.147 e. The normalized spacial score (nSPS) is 18.9. The highest BCUT2D eigenvalue weighted by molar-refractivity contribution is 7.90. The van der Waals surface area contributed by atoms with Gasteiger partial charge >= 0.3 is 0 Å². The van der Waals surface area contributed by atoms with Gasteiger partial charge in [-0.2, -0.15) is 0 Å². The molecule has 2 atom stereocenters. The SMILES string of the molecule is [CH2]C(CCS(C)(=O)=O)(NC)C(C)CC. The summed E-state index contributed by atoms with van der Waals surface area (Å²) in [5.41, 5.74) is -0.322. The Balaban J connectivity index is 4.41. The van der Waals surface area contributed by atoms with Crippen molar-refractivity contribution in [1.29, 1.82) is 0 Å². The first-order valence-electron chi connectivity index (χ1n) is 4.97. The Morgan fingerprint density at radius 3 is 2.29 bits per heavy atom. The molecule has 0 aromatic rings. The van der Waals surface area contributed by atoms with Crippen LogP contribution in [-0.4, -0.2) is 33.0 Å². The third-order valence-corrected chi connectivity index (χ3v) is 3.92. The second-order valence-corrected chi connectivity index (χ2v) is 6.36. The number of nitrogens with one attached hydrogen (secondary N) is 1. The molecule has 0 aliphatic heterocycles. The summed E-state index contributed by atoms with van der Waals surface area (Å²) in [6, 6.07) is 0. The van der Waals surface area contributed by atoms with Gasteiger partial charge in [-0.3, -0.25) is 0 Å². The van der Waals surface area contributed by atoms with Crippen LogP contribution in [0.1, 0.15) is 26.7 Å². The maximum Gasteiger partial charge on any atom is 0.147 e. The second-order valence-electron chi connectivity index (χ2n) is 4.10. The Kier molecular flexibility index (Phi) is 5.09. The summed E-state index contributed by atoms with van der Waals surface area (Å²) in [6.07, 6.45) is 2.82. The first-order valence-corrected chi connectivity index (χ1v) is 7.03. The molecule has 0 saturated carbocycles. The monoisotopic (exact) mass is 220 g/mol. The van der Waals surface area contributed by atoms with Crippen LogP contribution in [-0.2, 0) is 9.84 Å². The summed E-state index contributed by atoms with van der Waals surface area (Å²) in [5.74, 6) is 0.566. The lowest BCUT2D eigenvalue weighted by molar-refractivity contribution is 0.282. The van der Waals surface area contributed by atoms with E-state index < -0.39 is 9.84 Å². The van der Waals surface area contributed by atoms with Crippen molar-refractivity contribution in [2.45, 2.75) is 32.2 Å². The average Bonchev–Trinajstić information content (AvgIpc) is 2.11.